The third-order valence-electron chi connectivity index (χ3n) is 3.25. The maximum atomic E-state index is 9.32. The zero-order chi connectivity index (χ0) is 12.0. The molecule has 0 radical (unpaired) electrons. The van der Waals surface area contributed by atoms with E-state index in [1.807, 2.05) is 12.3 Å². The van der Waals surface area contributed by atoms with E-state index in [2.05, 4.69) is 37.1 Å². The molecule has 2 N–H and O–H groups in total. The molecule has 1 heterocycles. The second-order valence-corrected chi connectivity index (χ2v) is 4.71. The van der Waals surface area contributed by atoms with Gasteiger partial charge in [0.05, 0.1) is 0 Å². The number of aliphatic hydroxyl groups excluding tert-OH is 1. The van der Waals surface area contributed by atoms with Gasteiger partial charge in [-0.1, -0.05) is 19.9 Å². The monoisotopic (exact) mass is 222 g/mol. The number of aromatic nitrogens is 1. The van der Waals surface area contributed by atoms with Crippen molar-refractivity contribution in [1.82, 2.24) is 10.3 Å². The van der Waals surface area contributed by atoms with E-state index in [0.29, 0.717) is 0 Å². The number of nitrogens with one attached hydrogen (secondary N) is 1. The molecule has 16 heavy (non-hydrogen) atoms. The van der Waals surface area contributed by atoms with Crippen LogP contribution in [0.25, 0.3) is 0 Å². The molecule has 1 aromatic heterocycles. The molecule has 1 aromatic rings. The van der Waals surface area contributed by atoms with Gasteiger partial charge in [0.25, 0.3) is 0 Å². The van der Waals surface area contributed by atoms with E-state index in [0.717, 1.165) is 13.0 Å². The van der Waals surface area contributed by atoms with Crippen LogP contribution in [0.15, 0.2) is 24.5 Å². The van der Waals surface area contributed by atoms with Crippen LogP contribution < -0.4 is 5.32 Å². The van der Waals surface area contributed by atoms with Gasteiger partial charge in [0.15, 0.2) is 0 Å². The highest BCUT2D eigenvalue weighted by Crippen LogP contribution is 2.20. The highest BCUT2D eigenvalue weighted by atomic mass is 16.3. The molecule has 0 aromatic carbocycles. The van der Waals surface area contributed by atoms with Crippen molar-refractivity contribution in [3.8, 4) is 0 Å². The molecule has 2 atom stereocenters. The number of hydrogen-bond donors (Lipinski definition) is 2. The van der Waals surface area contributed by atoms with Crippen LogP contribution in [0.1, 0.15) is 38.8 Å². The summed E-state index contributed by atoms with van der Waals surface area (Å²) in [5.74, 6) is 0. The molecule has 0 aliphatic carbocycles. The van der Waals surface area contributed by atoms with Crippen LogP contribution in [0.4, 0.5) is 0 Å². The van der Waals surface area contributed by atoms with Gasteiger partial charge in [-0.15, -0.1) is 0 Å². The smallest absolute Gasteiger partial charge is 0.0496 e. The zero-order valence-corrected chi connectivity index (χ0v) is 10.4. The van der Waals surface area contributed by atoms with Crippen molar-refractivity contribution in [3.05, 3.63) is 30.1 Å². The fourth-order valence-corrected chi connectivity index (χ4v) is 1.44. The predicted molar refractivity (Wildman–Crippen MR) is 66.1 cm³/mol. The van der Waals surface area contributed by atoms with E-state index in [4.69, 9.17) is 0 Å². The van der Waals surface area contributed by atoms with E-state index >= 15 is 0 Å². The minimum absolute atomic E-state index is 0.0313. The average molecular weight is 222 g/mol. The van der Waals surface area contributed by atoms with Gasteiger partial charge < -0.3 is 10.4 Å². The summed E-state index contributed by atoms with van der Waals surface area (Å²) < 4.78 is 0. The lowest BCUT2D eigenvalue weighted by atomic mass is 9.88. The molecule has 3 nitrogen and oxygen atoms in total. The van der Waals surface area contributed by atoms with Crippen molar-refractivity contribution >= 4 is 0 Å². The molecule has 0 saturated heterocycles. The Kier molecular flexibility index (Phi) is 4.90. The topological polar surface area (TPSA) is 45.1 Å². The van der Waals surface area contributed by atoms with Gasteiger partial charge in [-0.2, -0.15) is 0 Å². The molecule has 0 bridgehead atoms. The first-order chi connectivity index (χ1) is 7.61. The third kappa shape index (κ3) is 3.58. The number of aliphatic hydroxyl groups is 1. The van der Waals surface area contributed by atoms with Crippen LogP contribution >= 0.6 is 0 Å². The number of nitrogens with zero attached hydrogens (tertiary/aromatic N) is 1. The molecule has 2 unspecified atom stereocenters. The van der Waals surface area contributed by atoms with Crippen molar-refractivity contribution in [2.45, 2.75) is 33.2 Å². The Bertz CT molecular complexity index is 296. The van der Waals surface area contributed by atoms with E-state index in [9.17, 15) is 5.11 Å². The van der Waals surface area contributed by atoms with Gasteiger partial charge in [-0.05, 0) is 25.0 Å². The lowest BCUT2D eigenvalue weighted by Gasteiger charge is -2.28. The van der Waals surface area contributed by atoms with Crippen LogP contribution in [0.3, 0.4) is 0 Å². The van der Waals surface area contributed by atoms with E-state index in [1.54, 1.807) is 6.20 Å². The molecule has 0 amide bonds. The molecule has 90 valence electrons. The van der Waals surface area contributed by atoms with Crippen LogP contribution in [0.5, 0.6) is 0 Å². The van der Waals surface area contributed by atoms with Gasteiger partial charge in [0.1, 0.15) is 0 Å². The molecule has 0 fully saturated rings. The standard InChI is InChI=1S/C13H22N2O/c1-4-13(3,10-16)9-15-11(2)12-6-5-7-14-8-12/h5-8,11,15-16H,4,9-10H2,1-3H3. The summed E-state index contributed by atoms with van der Waals surface area (Å²) in [6.45, 7) is 7.35. The highest BCUT2D eigenvalue weighted by Gasteiger charge is 2.21. The maximum absolute atomic E-state index is 9.32. The van der Waals surface area contributed by atoms with Crippen LogP contribution in [0, 0.1) is 5.41 Å². The van der Waals surface area contributed by atoms with Crippen molar-refractivity contribution in [1.29, 1.82) is 0 Å². The first-order valence-corrected chi connectivity index (χ1v) is 5.85. The maximum Gasteiger partial charge on any atom is 0.0496 e. The fourth-order valence-electron chi connectivity index (χ4n) is 1.44. The predicted octanol–water partition coefficient (Wildman–Crippen LogP) is 2.14. The van der Waals surface area contributed by atoms with Gasteiger partial charge in [0, 0.05) is 37.0 Å². The first-order valence-electron chi connectivity index (χ1n) is 5.85. The average Bonchev–Trinajstić information content (AvgIpc) is 2.36. The summed E-state index contributed by atoms with van der Waals surface area (Å²) in [6.07, 6.45) is 4.62. The molecule has 0 aliphatic heterocycles. The molecule has 0 aliphatic rings. The summed E-state index contributed by atoms with van der Waals surface area (Å²) in [7, 11) is 0. The third-order valence-corrected chi connectivity index (χ3v) is 3.25. The SMILES string of the molecule is CCC(C)(CO)CNC(C)c1cccnc1. The second-order valence-electron chi connectivity index (χ2n) is 4.71. The Hall–Kier alpha value is -0.930. The molecule has 3 heteroatoms. The molecule has 1 rings (SSSR count). The van der Waals surface area contributed by atoms with E-state index in [-0.39, 0.29) is 18.1 Å². The summed E-state index contributed by atoms with van der Waals surface area (Å²) in [6, 6.07) is 4.27. The Morgan fingerprint density at radius 3 is 2.81 bits per heavy atom. The van der Waals surface area contributed by atoms with Crippen molar-refractivity contribution in [2.24, 2.45) is 5.41 Å². The fraction of sp³-hybridized carbons (Fsp3) is 0.615. The first kappa shape index (κ1) is 13.1. The minimum atomic E-state index is -0.0313. The van der Waals surface area contributed by atoms with Gasteiger partial charge in [0.2, 0.25) is 0 Å². The molecular weight excluding hydrogens is 200 g/mol. The second kappa shape index (κ2) is 5.97. The van der Waals surface area contributed by atoms with Crippen molar-refractivity contribution < 1.29 is 5.11 Å². The van der Waals surface area contributed by atoms with Crippen LogP contribution in [-0.4, -0.2) is 23.2 Å². The highest BCUT2D eigenvalue weighted by molar-refractivity contribution is 5.12. The van der Waals surface area contributed by atoms with Gasteiger partial charge in [-0.3, -0.25) is 4.98 Å². The van der Waals surface area contributed by atoms with Gasteiger partial charge >= 0.3 is 0 Å². The Morgan fingerprint density at radius 1 is 1.56 bits per heavy atom. The normalized spacial score (nSPS) is 16.8. The molecule has 0 saturated carbocycles. The number of rotatable bonds is 6. The van der Waals surface area contributed by atoms with E-state index in [1.165, 1.54) is 5.56 Å². The summed E-state index contributed by atoms with van der Waals surface area (Å²) in [5.41, 5.74) is 1.15. The van der Waals surface area contributed by atoms with E-state index < -0.39 is 0 Å². The Morgan fingerprint density at radius 2 is 2.31 bits per heavy atom. The lowest BCUT2D eigenvalue weighted by molar-refractivity contribution is 0.132. The Labute approximate surface area is 97.9 Å². The summed E-state index contributed by atoms with van der Waals surface area (Å²) >= 11 is 0. The number of pyridine rings is 1. The Balaban J connectivity index is 2.50. The van der Waals surface area contributed by atoms with Crippen molar-refractivity contribution in [2.75, 3.05) is 13.2 Å². The largest absolute Gasteiger partial charge is 0.396 e. The van der Waals surface area contributed by atoms with Crippen LogP contribution in [0.2, 0.25) is 0 Å². The zero-order valence-electron chi connectivity index (χ0n) is 10.4. The summed E-state index contributed by atoms with van der Waals surface area (Å²) in [5, 5.41) is 12.8. The number of hydrogen-bond acceptors (Lipinski definition) is 3. The quantitative estimate of drug-likeness (QED) is 0.775. The van der Waals surface area contributed by atoms with Crippen LogP contribution in [-0.2, 0) is 0 Å². The lowest BCUT2D eigenvalue weighted by Crippen LogP contribution is -2.35. The van der Waals surface area contributed by atoms with Crippen molar-refractivity contribution in [3.63, 3.8) is 0 Å². The molecular formula is C13H22N2O. The summed E-state index contributed by atoms with van der Waals surface area (Å²) in [4.78, 5) is 4.10. The molecule has 0 spiro atoms. The van der Waals surface area contributed by atoms with Gasteiger partial charge in [-0.25, -0.2) is 0 Å². The minimum Gasteiger partial charge on any atom is -0.396 e.